The molecule has 0 atom stereocenters. The molecule has 1 heterocycles. The monoisotopic (exact) mass is 253 g/mol. The van der Waals surface area contributed by atoms with Gasteiger partial charge in [0.2, 0.25) is 0 Å². The van der Waals surface area contributed by atoms with Crippen LogP contribution in [0.25, 0.3) is 0 Å². The number of hydrogen-bond acceptors (Lipinski definition) is 3. The maximum absolute atomic E-state index is 11.5. The highest BCUT2D eigenvalue weighted by atomic mass is 32.2. The zero-order chi connectivity index (χ0) is 12.7. The summed E-state index contributed by atoms with van der Waals surface area (Å²) in [4.78, 5) is 0. The van der Waals surface area contributed by atoms with E-state index < -0.39 is 9.84 Å². The van der Waals surface area contributed by atoms with Gasteiger partial charge in [-0.05, 0) is 37.9 Å². The second kappa shape index (κ2) is 4.10. The van der Waals surface area contributed by atoms with E-state index in [0.717, 1.165) is 12.0 Å². The lowest BCUT2D eigenvalue weighted by molar-refractivity contribution is 0.431. The van der Waals surface area contributed by atoms with Crippen molar-refractivity contribution < 1.29 is 8.42 Å². The van der Waals surface area contributed by atoms with Crippen LogP contribution in [0.5, 0.6) is 0 Å². The number of nitrogens with two attached hydrogens (primary N) is 1. The van der Waals surface area contributed by atoms with Crippen LogP contribution in [-0.4, -0.2) is 26.5 Å². The molecule has 0 aromatic heterocycles. The Bertz CT molecular complexity index is 522. The van der Waals surface area contributed by atoms with E-state index in [1.165, 1.54) is 11.1 Å². The smallest absolute Gasteiger partial charge is 0.152 e. The second-order valence-electron chi connectivity index (χ2n) is 5.17. The van der Waals surface area contributed by atoms with Crippen LogP contribution >= 0.6 is 0 Å². The zero-order valence-corrected chi connectivity index (χ0v) is 11.2. The molecule has 1 aromatic carbocycles. The lowest BCUT2D eigenvalue weighted by atomic mass is 9.77. The number of aryl methyl sites for hydroxylation is 2. The van der Waals surface area contributed by atoms with Crippen molar-refractivity contribution >= 4 is 9.84 Å². The first kappa shape index (κ1) is 12.6. The number of hydrogen-bond donors (Lipinski definition) is 1. The van der Waals surface area contributed by atoms with Gasteiger partial charge in [-0.2, -0.15) is 0 Å². The molecule has 4 heteroatoms. The zero-order valence-electron chi connectivity index (χ0n) is 10.4. The molecule has 0 aliphatic carbocycles. The molecule has 0 amide bonds. The molecule has 0 unspecified atom stereocenters. The van der Waals surface area contributed by atoms with E-state index in [1.54, 1.807) is 0 Å². The van der Waals surface area contributed by atoms with Crippen LogP contribution in [0.1, 0.15) is 23.1 Å². The van der Waals surface area contributed by atoms with Gasteiger partial charge in [0.05, 0.1) is 11.5 Å². The van der Waals surface area contributed by atoms with E-state index in [1.807, 2.05) is 13.8 Å². The van der Waals surface area contributed by atoms with Crippen molar-refractivity contribution in [1.29, 1.82) is 0 Å². The average Bonchev–Trinajstić information content (AvgIpc) is 2.19. The third-order valence-corrected chi connectivity index (χ3v) is 5.56. The molecule has 1 aromatic rings. The van der Waals surface area contributed by atoms with Crippen LogP contribution in [0.15, 0.2) is 18.2 Å². The molecule has 1 aliphatic rings. The molecular formula is C13H19NO2S. The Hall–Kier alpha value is -0.870. The number of rotatable bonds is 3. The first-order valence-electron chi connectivity index (χ1n) is 5.87. The van der Waals surface area contributed by atoms with E-state index >= 15 is 0 Å². The van der Waals surface area contributed by atoms with Crippen molar-refractivity contribution in [1.82, 2.24) is 0 Å². The van der Waals surface area contributed by atoms with E-state index in [-0.39, 0.29) is 16.9 Å². The van der Waals surface area contributed by atoms with Crippen LogP contribution in [0.2, 0.25) is 0 Å². The van der Waals surface area contributed by atoms with Gasteiger partial charge in [-0.15, -0.1) is 0 Å². The van der Waals surface area contributed by atoms with Gasteiger partial charge >= 0.3 is 0 Å². The van der Waals surface area contributed by atoms with Crippen molar-refractivity contribution in [2.24, 2.45) is 5.73 Å². The minimum Gasteiger partial charge on any atom is -0.330 e. The normalized spacial score (nSPS) is 20.9. The third kappa shape index (κ3) is 2.24. The molecule has 1 fully saturated rings. The van der Waals surface area contributed by atoms with Crippen LogP contribution in [-0.2, 0) is 15.3 Å². The molecule has 0 bridgehead atoms. The lowest BCUT2D eigenvalue weighted by Crippen LogP contribution is -2.53. The quantitative estimate of drug-likeness (QED) is 0.883. The Morgan fingerprint density at radius 3 is 2.47 bits per heavy atom. The summed E-state index contributed by atoms with van der Waals surface area (Å²) in [5, 5.41) is 0. The Labute approximate surface area is 103 Å². The van der Waals surface area contributed by atoms with Crippen molar-refractivity contribution in [3.8, 4) is 0 Å². The predicted molar refractivity (Wildman–Crippen MR) is 69.9 cm³/mol. The minimum atomic E-state index is -2.84. The summed E-state index contributed by atoms with van der Waals surface area (Å²) in [5.41, 5.74) is 8.91. The number of sulfone groups is 1. The SMILES string of the molecule is Cc1ccc(C)c(C2(CCN)CS(=O)(=O)C2)c1. The highest BCUT2D eigenvalue weighted by Gasteiger charge is 2.49. The summed E-state index contributed by atoms with van der Waals surface area (Å²) in [7, 11) is -2.84. The molecular weight excluding hydrogens is 234 g/mol. The highest BCUT2D eigenvalue weighted by molar-refractivity contribution is 7.93. The lowest BCUT2D eigenvalue weighted by Gasteiger charge is -2.42. The average molecular weight is 253 g/mol. The fourth-order valence-electron chi connectivity index (χ4n) is 2.82. The first-order valence-corrected chi connectivity index (χ1v) is 7.69. The van der Waals surface area contributed by atoms with Crippen LogP contribution in [0.4, 0.5) is 0 Å². The van der Waals surface area contributed by atoms with Gasteiger partial charge in [0, 0.05) is 5.41 Å². The van der Waals surface area contributed by atoms with Gasteiger partial charge < -0.3 is 5.73 Å². The molecule has 2 N–H and O–H groups in total. The molecule has 0 saturated carbocycles. The topological polar surface area (TPSA) is 60.2 Å². The van der Waals surface area contributed by atoms with Crippen LogP contribution in [0, 0.1) is 13.8 Å². The van der Waals surface area contributed by atoms with Gasteiger partial charge in [-0.25, -0.2) is 8.42 Å². The predicted octanol–water partition coefficient (Wildman–Crippen LogP) is 1.32. The number of benzene rings is 1. The van der Waals surface area contributed by atoms with Crippen LogP contribution in [0.3, 0.4) is 0 Å². The van der Waals surface area contributed by atoms with Crippen LogP contribution < -0.4 is 5.73 Å². The van der Waals surface area contributed by atoms with Crippen molar-refractivity contribution in [3.63, 3.8) is 0 Å². The fraction of sp³-hybridized carbons (Fsp3) is 0.538. The standard InChI is InChI=1S/C13H19NO2S/c1-10-3-4-11(2)12(7-10)13(5-6-14)8-17(15,16)9-13/h3-4,7H,5-6,8-9,14H2,1-2H3. The van der Waals surface area contributed by atoms with E-state index in [2.05, 4.69) is 18.2 Å². The third-order valence-electron chi connectivity index (χ3n) is 3.58. The molecule has 3 nitrogen and oxygen atoms in total. The first-order chi connectivity index (χ1) is 7.88. The highest BCUT2D eigenvalue weighted by Crippen LogP contribution is 2.41. The summed E-state index contributed by atoms with van der Waals surface area (Å²) >= 11 is 0. The van der Waals surface area contributed by atoms with Gasteiger partial charge in [-0.3, -0.25) is 0 Å². The van der Waals surface area contributed by atoms with E-state index in [9.17, 15) is 8.42 Å². The van der Waals surface area contributed by atoms with Gasteiger partial charge in [-0.1, -0.05) is 23.8 Å². The molecule has 94 valence electrons. The van der Waals surface area contributed by atoms with Gasteiger partial charge in [0.1, 0.15) is 0 Å². The minimum absolute atomic E-state index is 0.232. The maximum Gasteiger partial charge on any atom is 0.152 e. The molecule has 2 rings (SSSR count). The fourth-order valence-corrected chi connectivity index (χ4v) is 5.02. The Balaban J connectivity index is 2.44. The molecule has 0 spiro atoms. The van der Waals surface area contributed by atoms with Gasteiger partial charge in [0.15, 0.2) is 9.84 Å². The largest absolute Gasteiger partial charge is 0.330 e. The van der Waals surface area contributed by atoms with Gasteiger partial charge in [0.25, 0.3) is 0 Å². The summed E-state index contributed by atoms with van der Waals surface area (Å²) in [6, 6.07) is 6.23. The van der Waals surface area contributed by atoms with Crippen molar-refractivity contribution in [2.75, 3.05) is 18.1 Å². The van der Waals surface area contributed by atoms with Crippen molar-refractivity contribution in [2.45, 2.75) is 25.7 Å². The Kier molecular flexibility index (Phi) is 3.04. The summed E-state index contributed by atoms with van der Waals surface area (Å²) in [5.74, 6) is 0.503. The summed E-state index contributed by atoms with van der Waals surface area (Å²) in [6.07, 6.45) is 0.747. The Morgan fingerprint density at radius 1 is 1.29 bits per heavy atom. The summed E-state index contributed by atoms with van der Waals surface area (Å²) in [6.45, 7) is 4.60. The van der Waals surface area contributed by atoms with E-state index in [4.69, 9.17) is 5.73 Å². The summed E-state index contributed by atoms with van der Waals surface area (Å²) < 4.78 is 23.0. The molecule has 1 saturated heterocycles. The maximum atomic E-state index is 11.5. The molecule has 0 radical (unpaired) electrons. The molecule has 1 aliphatic heterocycles. The van der Waals surface area contributed by atoms with Crippen molar-refractivity contribution in [3.05, 3.63) is 34.9 Å². The Morgan fingerprint density at radius 2 is 1.94 bits per heavy atom. The second-order valence-corrected chi connectivity index (χ2v) is 7.23. The molecule has 17 heavy (non-hydrogen) atoms. The van der Waals surface area contributed by atoms with E-state index in [0.29, 0.717) is 6.54 Å².